The fraction of sp³-hybridized carbons (Fsp3) is 1.00. The summed E-state index contributed by atoms with van der Waals surface area (Å²) in [6.45, 7) is 8.35. The van der Waals surface area contributed by atoms with Crippen LogP contribution in [0.1, 0.15) is 40.0 Å². The number of piperidine rings is 1. The SMILES string of the molecule is CC(C)(C)OCC1CCCCN1. The number of nitrogens with one attached hydrogen (secondary N) is 1. The Balaban J connectivity index is 2.13. The van der Waals surface area contributed by atoms with Gasteiger partial charge in [-0.3, -0.25) is 0 Å². The van der Waals surface area contributed by atoms with Crippen molar-refractivity contribution in [2.45, 2.75) is 51.7 Å². The lowest BCUT2D eigenvalue weighted by atomic mass is 10.1. The third kappa shape index (κ3) is 4.07. The van der Waals surface area contributed by atoms with E-state index in [1.54, 1.807) is 0 Å². The van der Waals surface area contributed by atoms with E-state index >= 15 is 0 Å². The monoisotopic (exact) mass is 171 g/mol. The smallest absolute Gasteiger partial charge is 0.0626 e. The van der Waals surface area contributed by atoms with Crippen molar-refractivity contribution in [1.82, 2.24) is 5.32 Å². The largest absolute Gasteiger partial charge is 0.374 e. The molecule has 0 aromatic carbocycles. The van der Waals surface area contributed by atoms with E-state index in [-0.39, 0.29) is 5.60 Å². The summed E-state index contributed by atoms with van der Waals surface area (Å²) < 4.78 is 5.71. The molecule has 2 nitrogen and oxygen atoms in total. The lowest BCUT2D eigenvalue weighted by molar-refractivity contribution is -0.0174. The van der Waals surface area contributed by atoms with Crippen molar-refractivity contribution in [2.24, 2.45) is 0 Å². The second kappa shape index (κ2) is 4.24. The van der Waals surface area contributed by atoms with Crippen LogP contribution in [0.25, 0.3) is 0 Å². The molecule has 0 radical (unpaired) electrons. The standard InChI is InChI=1S/C10H21NO/c1-10(2,3)12-8-9-6-4-5-7-11-9/h9,11H,4-8H2,1-3H3. The highest BCUT2D eigenvalue weighted by atomic mass is 16.5. The van der Waals surface area contributed by atoms with Gasteiger partial charge in [0.2, 0.25) is 0 Å². The molecule has 0 aromatic heterocycles. The molecule has 1 unspecified atom stereocenters. The van der Waals surface area contributed by atoms with Crippen molar-refractivity contribution in [3.05, 3.63) is 0 Å². The zero-order valence-electron chi connectivity index (χ0n) is 8.52. The summed E-state index contributed by atoms with van der Waals surface area (Å²) in [5.41, 5.74) is 0.0130. The number of rotatable bonds is 2. The van der Waals surface area contributed by atoms with E-state index in [1.807, 2.05) is 0 Å². The van der Waals surface area contributed by atoms with Gasteiger partial charge < -0.3 is 10.1 Å². The summed E-state index contributed by atoms with van der Waals surface area (Å²) >= 11 is 0. The van der Waals surface area contributed by atoms with E-state index in [4.69, 9.17) is 4.74 Å². The Morgan fingerprint density at radius 2 is 2.08 bits per heavy atom. The Hall–Kier alpha value is -0.0800. The van der Waals surface area contributed by atoms with Gasteiger partial charge >= 0.3 is 0 Å². The Morgan fingerprint density at radius 1 is 1.33 bits per heavy atom. The summed E-state index contributed by atoms with van der Waals surface area (Å²) in [4.78, 5) is 0. The molecule has 0 spiro atoms. The molecule has 1 fully saturated rings. The van der Waals surface area contributed by atoms with Gasteiger partial charge in [-0.2, -0.15) is 0 Å². The van der Waals surface area contributed by atoms with Crippen LogP contribution in [0.4, 0.5) is 0 Å². The summed E-state index contributed by atoms with van der Waals surface area (Å²) in [6.07, 6.45) is 3.95. The van der Waals surface area contributed by atoms with Gasteiger partial charge in [-0.1, -0.05) is 6.42 Å². The summed E-state index contributed by atoms with van der Waals surface area (Å²) in [6, 6.07) is 0.595. The van der Waals surface area contributed by atoms with Crippen LogP contribution in [0.3, 0.4) is 0 Å². The molecular formula is C10H21NO. The zero-order chi connectivity index (χ0) is 9.03. The van der Waals surface area contributed by atoms with Crippen molar-refractivity contribution < 1.29 is 4.74 Å². The molecule has 1 aliphatic heterocycles. The Labute approximate surface area is 75.7 Å². The topological polar surface area (TPSA) is 21.3 Å². The number of hydrogen-bond acceptors (Lipinski definition) is 2. The van der Waals surface area contributed by atoms with Crippen molar-refractivity contribution in [2.75, 3.05) is 13.2 Å². The minimum atomic E-state index is 0.0130. The van der Waals surface area contributed by atoms with Gasteiger partial charge in [-0.15, -0.1) is 0 Å². The van der Waals surface area contributed by atoms with Crippen molar-refractivity contribution >= 4 is 0 Å². The highest BCUT2D eigenvalue weighted by molar-refractivity contribution is 4.73. The number of hydrogen-bond donors (Lipinski definition) is 1. The van der Waals surface area contributed by atoms with E-state index in [0.29, 0.717) is 6.04 Å². The first-order valence-electron chi connectivity index (χ1n) is 4.95. The zero-order valence-corrected chi connectivity index (χ0v) is 8.52. The maximum atomic E-state index is 5.71. The van der Waals surface area contributed by atoms with Gasteiger partial charge in [0.25, 0.3) is 0 Å². The highest BCUT2D eigenvalue weighted by Crippen LogP contribution is 2.12. The van der Waals surface area contributed by atoms with Gasteiger partial charge in [0.15, 0.2) is 0 Å². The molecule has 0 bridgehead atoms. The van der Waals surface area contributed by atoms with Crippen molar-refractivity contribution in [3.63, 3.8) is 0 Å². The lowest BCUT2D eigenvalue weighted by Crippen LogP contribution is -2.39. The Morgan fingerprint density at radius 3 is 2.58 bits per heavy atom. The molecule has 1 heterocycles. The summed E-state index contributed by atoms with van der Waals surface area (Å²) in [5, 5.41) is 3.47. The Kier molecular flexibility index (Phi) is 3.53. The first kappa shape index (κ1) is 10.0. The van der Waals surface area contributed by atoms with E-state index in [9.17, 15) is 0 Å². The van der Waals surface area contributed by atoms with Gasteiger partial charge in [0.1, 0.15) is 0 Å². The molecule has 72 valence electrons. The molecule has 1 aliphatic rings. The van der Waals surface area contributed by atoms with Crippen LogP contribution in [0.2, 0.25) is 0 Å². The molecule has 0 amide bonds. The van der Waals surface area contributed by atoms with Gasteiger partial charge in [0.05, 0.1) is 12.2 Å². The molecule has 0 aromatic rings. The third-order valence-corrected chi connectivity index (χ3v) is 2.13. The minimum Gasteiger partial charge on any atom is -0.374 e. The predicted octanol–water partition coefficient (Wildman–Crippen LogP) is 1.94. The maximum absolute atomic E-state index is 5.71. The van der Waals surface area contributed by atoms with Crippen LogP contribution in [0.5, 0.6) is 0 Å². The van der Waals surface area contributed by atoms with Crippen LogP contribution in [0.15, 0.2) is 0 Å². The average Bonchev–Trinajstić information content (AvgIpc) is 2.02. The Bertz CT molecular complexity index is 122. The van der Waals surface area contributed by atoms with E-state index in [0.717, 1.165) is 13.2 Å². The van der Waals surface area contributed by atoms with Crippen molar-refractivity contribution in [1.29, 1.82) is 0 Å². The first-order valence-corrected chi connectivity index (χ1v) is 4.95. The van der Waals surface area contributed by atoms with Crippen LogP contribution in [-0.4, -0.2) is 24.8 Å². The van der Waals surface area contributed by atoms with E-state index in [1.165, 1.54) is 19.3 Å². The maximum Gasteiger partial charge on any atom is 0.0626 e. The second-order valence-electron chi connectivity index (χ2n) is 4.57. The van der Waals surface area contributed by atoms with Gasteiger partial charge in [0, 0.05) is 6.04 Å². The van der Waals surface area contributed by atoms with Crippen LogP contribution in [-0.2, 0) is 4.74 Å². The molecule has 2 heteroatoms. The summed E-state index contributed by atoms with van der Waals surface area (Å²) in [7, 11) is 0. The molecule has 1 saturated heterocycles. The first-order chi connectivity index (χ1) is 5.58. The molecule has 0 aliphatic carbocycles. The second-order valence-corrected chi connectivity index (χ2v) is 4.57. The third-order valence-electron chi connectivity index (χ3n) is 2.13. The van der Waals surface area contributed by atoms with E-state index in [2.05, 4.69) is 26.1 Å². The van der Waals surface area contributed by atoms with Gasteiger partial charge in [-0.25, -0.2) is 0 Å². The fourth-order valence-corrected chi connectivity index (χ4v) is 1.42. The number of ether oxygens (including phenoxy) is 1. The van der Waals surface area contributed by atoms with Crippen LogP contribution in [0, 0.1) is 0 Å². The summed E-state index contributed by atoms with van der Waals surface area (Å²) in [5.74, 6) is 0. The minimum absolute atomic E-state index is 0.0130. The van der Waals surface area contributed by atoms with Crippen LogP contribution >= 0.6 is 0 Å². The van der Waals surface area contributed by atoms with E-state index < -0.39 is 0 Å². The van der Waals surface area contributed by atoms with Crippen molar-refractivity contribution in [3.8, 4) is 0 Å². The van der Waals surface area contributed by atoms with Gasteiger partial charge in [-0.05, 0) is 40.2 Å². The molecular weight excluding hydrogens is 150 g/mol. The lowest BCUT2D eigenvalue weighted by Gasteiger charge is -2.27. The molecule has 1 atom stereocenters. The molecule has 1 rings (SSSR count). The fourth-order valence-electron chi connectivity index (χ4n) is 1.42. The van der Waals surface area contributed by atoms with Crippen LogP contribution < -0.4 is 5.32 Å². The predicted molar refractivity (Wildman–Crippen MR) is 51.3 cm³/mol. The quantitative estimate of drug-likeness (QED) is 0.685. The molecule has 12 heavy (non-hydrogen) atoms. The molecule has 0 saturated carbocycles. The highest BCUT2D eigenvalue weighted by Gasteiger charge is 2.16. The normalized spacial score (nSPS) is 25.8. The average molecular weight is 171 g/mol. The molecule has 1 N–H and O–H groups in total.